The number of amides is 2. The Morgan fingerprint density at radius 2 is 2.11 bits per heavy atom. The Hall–Kier alpha value is -1.10. The number of piperazine rings is 1. The highest BCUT2D eigenvalue weighted by Crippen LogP contribution is 2.46. The molecule has 3 N–H and O–H groups in total. The van der Waals surface area contributed by atoms with Crippen LogP contribution in [0.15, 0.2) is 0 Å². The van der Waals surface area contributed by atoms with Gasteiger partial charge in [0.15, 0.2) is 0 Å². The van der Waals surface area contributed by atoms with Crippen molar-refractivity contribution in [3.05, 3.63) is 0 Å². The van der Waals surface area contributed by atoms with Gasteiger partial charge < -0.3 is 16.0 Å². The van der Waals surface area contributed by atoms with Crippen molar-refractivity contribution < 1.29 is 9.59 Å². The predicted molar refractivity (Wildman–Crippen MR) is 68.7 cm³/mol. The van der Waals surface area contributed by atoms with Crippen molar-refractivity contribution in [2.45, 2.75) is 39.2 Å². The predicted octanol–water partition coefficient (Wildman–Crippen LogP) is 0.0984. The van der Waals surface area contributed by atoms with E-state index in [0.717, 1.165) is 12.8 Å². The lowest BCUT2D eigenvalue weighted by Crippen LogP contribution is -2.67. The average molecular weight is 253 g/mol. The molecule has 2 fully saturated rings. The lowest BCUT2D eigenvalue weighted by Gasteiger charge is -2.51. The van der Waals surface area contributed by atoms with Crippen LogP contribution in [0.1, 0.15) is 33.6 Å². The van der Waals surface area contributed by atoms with E-state index in [1.807, 2.05) is 0 Å². The molecule has 2 amide bonds. The highest BCUT2D eigenvalue weighted by Gasteiger charge is 2.53. The highest BCUT2D eigenvalue weighted by molar-refractivity contribution is 5.94. The molecule has 5 nitrogen and oxygen atoms in total. The number of rotatable bonds is 2. The molecule has 0 aromatic carbocycles. The quantitative estimate of drug-likeness (QED) is 0.733. The average Bonchev–Trinajstić information content (AvgIpc) is 2.27. The number of nitrogens with two attached hydrogens (primary N) is 1. The third-order valence-corrected chi connectivity index (χ3v) is 4.42. The van der Waals surface area contributed by atoms with Gasteiger partial charge in [-0.05, 0) is 32.6 Å². The van der Waals surface area contributed by atoms with Gasteiger partial charge in [0, 0.05) is 19.6 Å². The molecule has 1 heterocycles. The van der Waals surface area contributed by atoms with Crippen LogP contribution >= 0.6 is 0 Å². The summed E-state index contributed by atoms with van der Waals surface area (Å²) in [5.74, 6) is 0.531. The summed E-state index contributed by atoms with van der Waals surface area (Å²) in [6, 6.07) is 0. The van der Waals surface area contributed by atoms with E-state index in [1.54, 1.807) is 18.7 Å². The molecule has 0 unspecified atom stereocenters. The van der Waals surface area contributed by atoms with E-state index in [0.29, 0.717) is 25.6 Å². The molecule has 0 radical (unpaired) electrons. The molecule has 0 aromatic rings. The lowest BCUT2D eigenvalue weighted by atomic mass is 9.61. The minimum atomic E-state index is -0.768. The van der Waals surface area contributed by atoms with Gasteiger partial charge in [0.25, 0.3) is 0 Å². The Morgan fingerprint density at radius 3 is 2.61 bits per heavy atom. The van der Waals surface area contributed by atoms with E-state index in [4.69, 9.17) is 5.73 Å². The summed E-state index contributed by atoms with van der Waals surface area (Å²) in [7, 11) is 0. The van der Waals surface area contributed by atoms with E-state index in [2.05, 4.69) is 12.2 Å². The maximum Gasteiger partial charge on any atom is 0.245 e. The molecule has 1 aliphatic heterocycles. The monoisotopic (exact) mass is 253 g/mol. The number of nitrogens with one attached hydrogen (secondary N) is 1. The van der Waals surface area contributed by atoms with Gasteiger partial charge in [-0.2, -0.15) is 0 Å². The topological polar surface area (TPSA) is 75.4 Å². The molecule has 5 heteroatoms. The molecular weight excluding hydrogens is 230 g/mol. The maximum atomic E-state index is 12.7. The molecule has 18 heavy (non-hydrogen) atoms. The second kappa shape index (κ2) is 4.23. The Balaban J connectivity index is 2.20. The summed E-state index contributed by atoms with van der Waals surface area (Å²) in [4.78, 5) is 26.3. The van der Waals surface area contributed by atoms with Gasteiger partial charge in [0.2, 0.25) is 11.8 Å². The Bertz CT molecular complexity index is 372. The first kappa shape index (κ1) is 13.3. The summed E-state index contributed by atoms with van der Waals surface area (Å²) < 4.78 is 0. The number of hydrogen-bond acceptors (Lipinski definition) is 3. The standard InChI is InChI=1S/C13H23N3O2/c1-9-6-13(7-9,8-14)11(18)16-5-4-15-10(17)12(16,2)3/h9H,4-8,14H2,1-3H3,(H,15,17). The van der Waals surface area contributed by atoms with E-state index in [1.165, 1.54) is 0 Å². The minimum absolute atomic E-state index is 0.0583. The summed E-state index contributed by atoms with van der Waals surface area (Å²) in [5.41, 5.74) is 4.62. The van der Waals surface area contributed by atoms with Crippen LogP contribution in [-0.2, 0) is 9.59 Å². The summed E-state index contributed by atoms with van der Waals surface area (Å²) in [6.07, 6.45) is 1.69. The van der Waals surface area contributed by atoms with Crippen LogP contribution in [0.5, 0.6) is 0 Å². The van der Waals surface area contributed by atoms with Crippen LogP contribution in [0.2, 0.25) is 0 Å². The van der Waals surface area contributed by atoms with Crippen LogP contribution in [0.3, 0.4) is 0 Å². The lowest BCUT2D eigenvalue weighted by molar-refractivity contribution is -0.162. The molecule has 0 bridgehead atoms. The highest BCUT2D eigenvalue weighted by atomic mass is 16.2. The zero-order chi connectivity index (χ0) is 13.6. The second-order valence-electron chi connectivity index (χ2n) is 6.27. The third-order valence-electron chi connectivity index (χ3n) is 4.42. The van der Waals surface area contributed by atoms with Gasteiger partial charge >= 0.3 is 0 Å². The van der Waals surface area contributed by atoms with Crippen molar-refractivity contribution in [1.29, 1.82) is 0 Å². The van der Waals surface area contributed by atoms with Crippen molar-refractivity contribution >= 4 is 11.8 Å². The largest absolute Gasteiger partial charge is 0.352 e. The first-order valence-electron chi connectivity index (χ1n) is 6.64. The number of hydrogen-bond donors (Lipinski definition) is 2. The molecule has 1 saturated heterocycles. The SMILES string of the molecule is CC1CC(CN)(C(=O)N2CCNC(=O)C2(C)C)C1. The molecule has 1 aliphatic carbocycles. The molecule has 102 valence electrons. The maximum absolute atomic E-state index is 12.7. The van der Waals surface area contributed by atoms with E-state index in [9.17, 15) is 9.59 Å². The smallest absolute Gasteiger partial charge is 0.245 e. The minimum Gasteiger partial charge on any atom is -0.352 e. The van der Waals surface area contributed by atoms with Gasteiger partial charge in [-0.15, -0.1) is 0 Å². The van der Waals surface area contributed by atoms with Crippen molar-refractivity contribution in [2.24, 2.45) is 17.1 Å². The van der Waals surface area contributed by atoms with Gasteiger partial charge in [0.1, 0.15) is 5.54 Å². The van der Waals surface area contributed by atoms with Gasteiger partial charge in [0.05, 0.1) is 5.41 Å². The Kier molecular flexibility index (Phi) is 3.13. The zero-order valence-electron chi connectivity index (χ0n) is 11.5. The molecule has 0 aromatic heterocycles. The van der Waals surface area contributed by atoms with Crippen LogP contribution < -0.4 is 11.1 Å². The molecule has 0 spiro atoms. The van der Waals surface area contributed by atoms with Crippen LogP contribution in [0.4, 0.5) is 0 Å². The van der Waals surface area contributed by atoms with Crippen molar-refractivity contribution in [3.8, 4) is 0 Å². The first-order chi connectivity index (χ1) is 8.33. The van der Waals surface area contributed by atoms with Crippen LogP contribution in [-0.4, -0.2) is 41.9 Å². The normalized spacial score (nSPS) is 34.8. The van der Waals surface area contributed by atoms with Gasteiger partial charge in [-0.3, -0.25) is 9.59 Å². The van der Waals surface area contributed by atoms with Gasteiger partial charge in [-0.1, -0.05) is 6.92 Å². The number of nitrogens with zero attached hydrogens (tertiary/aromatic N) is 1. The van der Waals surface area contributed by atoms with E-state index >= 15 is 0 Å². The second-order valence-corrected chi connectivity index (χ2v) is 6.27. The van der Waals surface area contributed by atoms with Crippen LogP contribution in [0, 0.1) is 11.3 Å². The summed E-state index contributed by atoms with van der Waals surface area (Å²) in [6.45, 7) is 7.22. The number of carbonyl (C=O) groups is 2. The summed E-state index contributed by atoms with van der Waals surface area (Å²) >= 11 is 0. The van der Waals surface area contributed by atoms with Crippen molar-refractivity contribution in [3.63, 3.8) is 0 Å². The molecule has 1 saturated carbocycles. The fourth-order valence-electron chi connectivity index (χ4n) is 3.24. The summed E-state index contributed by atoms with van der Waals surface area (Å²) in [5, 5.41) is 2.81. The Morgan fingerprint density at radius 1 is 1.50 bits per heavy atom. The molecule has 2 rings (SSSR count). The van der Waals surface area contributed by atoms with Crippen molar-refractivity contribution in [2.75, 3.05) is 19.6 Å². The van der Waals surface area contributed by atoms with Crippen molar-refractivity contribution in [1.82, 2.24) is 10.2 Å². The van der Waals surface area contributed by atoms with E-state index < -0.39 is 11.0 Å². The zero-order valence-corrected chi connectivity index (χ0v) is 11.5. The van der Waals surface area contributed by atoms with Crippen LogP contribution in [0.25, 0.3) is 0 Å². The fourth-order valence-corrected chi connectivity index (χ4v) is 3.24. The van der Waals surface area contributed by atoms with E-state index in [-0.39, 0.29) is 11.8 Å². The first-order valence-corrected chi connectivity index (χ1v) is 6.64. The number of carbonyl (C=O) groups excluding carboxylic acids is 2. The molecule has 2 aliphatic rings. The van der Waals surface area contributed by atoms with Gasteiger partial charge in [-0.25, -0.2) is 0 Å². The molecular formula is C13H23N3O2. The Labute approximate surface area is 108 Å². The third kappa shape index (κ3) is 1.81. The fraction of sp³-hybridized carbons (Fsp3) is 0.846. The molecule has 0 atom stereocenters.